The smallest absolute Gasteiger partial charge is 0.338 e. The largest absolute Gasteiger partial charge is 0.459 e. The zero-order valence-corrected chi connectivity index (χ0v) is 20.5. The maximum atomic E-state index is 12.2. The monoisotopic (exact) mass is 484 g/mol. The Labute approximate surface area is 210 Å². The minimum absolute atomic E-state index is 0.0355. The molecule has 0 unspecified atom stereocenters. The summed E-state index contributed by atoms with van der Waals surface area (Å²) < 4.78 is 15.5. The van der Waals surface area contributed by atoms with Gasteiger partial charge in [-0.25, -0.2) is 14.4 Å². The Hall–Kier alpha value is -4.45. The van der Waals surface area contributed by atoms with Crippen LogP contribution in [0.3, 0.4) is 0 Å². The summed E-state index contributed by atoms with van der Waals surface area (Å²) in [5.74, 6) is -1.24. The zero-order chi connectivity index (χ0) is 25.9. The summed E-state index contributed by atoms with van der Waals surface area (Å²) in [6, 6.07) is 23.9. The lowest BCUT2D eigenvalue weighted by Crippen LogP contribution is -2.15. The van der Waals surface area contributed by atoms with E-state index in [2.05, 4.69) is 0 Å². The molecule has 0 radical (unpaired) electrons. The standard InChI is InChI=1S/C30H28O6/c1-21(2)22(3)29(32)34-19-20-35-30(33)26-14-16-27(17-15-26)36-28(31)18-11-23-9-12-25(13-10-23)24-7-5-4-6-8-24/h4-18H,19-20H2,1-3H3. The van der Waals surface area contributed by atoms with Crippen molar-refractivity contribution in [2.45, 2.75) is 20.8 Å². The highest BCUT2D eigenvalue weighted by Gasteiger charge is 2.10. The molecule has 0 spiro atoms. The van der Waals surface area contributed by atoms with Gasteiger partial charge in [0.1, 0.15) is 19.0 Å². The van der Waals surface area contributed by atoms with Gasteiger partial charge in [-0.05, 0) is 67.8 Å². The highest BCUT2D eigenvalue weighted by Crippen LogP contribution is 2.20. The van der Waals surface area contributed by atoms with E-state index in [1.165, 1.54) is 30.3 Å². The van der Waals surface area contributed by atoms with Crippen molar-refractivity contribution in [2.24, 2.45) is 0 Å². The average molecular weight is 485 g/mol. The molecule has 0 aromatic heterocycles. The lowest BCUT2D eigenvalue weighted by molar-refractivity contribution is -0.140. The summed E-state index contributed by atoms with van der Waals surface area (Å²) in [6.07, 6.45) is 3.02. The molecule has 3 rings (SSSR count). The van der Waals surface area contributed by atoms with Crippen LogP contribution in [0.25, 0.3) is 17.2 Å². The highest BCUT2D eigenvalue weighted by atomic mass is 16.6. The number of esters is 3. The number of benzene rings is 3. The van der Waals surface area contributed by atoms with Crippen molar-refractivity contribution in [3.63, 3.8) is 0 Å². The fourth-order valence-electron chi connectivity index (χ4n) is 3.06. The predicted molar refractivity (Wildman–Crippen MR) is 138 cm³/mol. The normalized spacial score (nSPS) is 10.5. The maximum Gasteiger partial charge on any atom is 0.338 e. The van der Waals surface area contributed by atoms with Crippen LogP contribution in [0.15, 0.2) is 96.1 Å². The van der Waals surface area contributed by atoms with E-state index in [1.807, 2.05) is 68.4 Å². The fraction of sp³-hybridized carbons (Fsp3) is 0.167. The van der Waals surface area contributed by atoms with Gasteiger partial charge in [0, 0.05) is 11.6 Å². The molecule has 0 heterocycles. The first-order valence-corrected chi connectivity index (χ1v) is 11.5. The van der Waals surface area contributed by atoms with Crippen molar-refractivity contribution < 1.29 is 28.6 Å². The third kappa shape index (κ3) is 7.81. The average Bonchev–Trinajstić information content (AvgIpc) is 2.90. The van der Waals surface area contributed by atoms with Crippen LogP contribution in [0.2, 0.25) is 0 Å². The van der Waals surface area contributed by atoms with Crippen molar-refractivity contribution in [3.05, 3.63) is 107 Å². The van der Waals surface area contributed by atoms with Gasteiger partial charge in [-0.2, -0.15) is 0 Å². The van der Waals surface area contributed by atoms with E-state index < -0.39 is 17.9 Å². The molecule has 0 aliphatic heterocycles. The quantitative estimate of drug-likeness (QED) is 0.160. The topological polar surface area (TPSA) is 78.9 Å². The second kappa shape index (κ2) is 12.9. The molecule has 0 aliphatic rings. The van der Waals surface area contributed by atoms with Crippen molar-refractivity contribution in [2.75, 3.05) is 13.2 Å². The lowest BCUT2D eigenvalue weighted by Gasteiger charge is -2.08. The van der Waals surface area contributed by atoms with Crippen LogP contribution in [0.5, 0.6) is 5.75 Å². The van der Waals surface area contributed by atoms with Crippen LogP contribution in [-0.2, 0) is 19.1 Å². The summed E-state index contributed by atoms with van der Waals surface area (Å²) in [7, 11) is 0. The summed E-state index contributed by atoms with van der Waals surface area (Å²) in [5.41, 5.74) is 4.77. The van der Waals surface area contributed by atoms with E-state index in [1.54, 1.807) is 13.0 Å². The summed E-state index contributed by atoms with van der Waals surface area (Å²) in [4.78, 5) is 36.1. The first-order valence-electron chi connectivity index (χ1n) is 11.5. The first-order chi connectivity index (χ1) is 17.3. The van der Waals surface area contributed by atoms with E-state index in [9.17, 15) is 14.4 Å². The molecule has 6 heteroatoms. The Kier molecular flexibility index (Phi) is 9.34. The molecule has 0 saturated carbocycles. The number of hydrogen-bond donors (Lipinski definition) is 0. The molecule has 184 valence electrons. The predicted octanol–water partition coefficient (Wildman–Crippen LogP) is 6.03. The third-order valence-corrected chi connectivity index (χ3v) is 5.34. The van der Waals surface area contributed by atoms with Gasteiger partial charge >= 0.3 is 17.9 Å². The number of hydrogen-bond acceptors (Lipinski definition) is 6. The van der Waals surface area contributed by atoms with Crippen molar-refractivity contribution in [1.82, 2.24) is 0 Å². The van der Waals surface area contributed by atoms with Crippen molar-refractivity contribution in [1.29, 1.82) is 0 Å². The van der Waals surface area contributed by atoms with Gasteiger partial charge in [0.25, 0.3) is 0 Å². The van der Waals surface area contributed by atoms with Gasteiger partial charge in [-0.15, -0.1) is 0 Å². The van der Waals surface area contributed by atoms with Crippen LogP contribution < -0.4 is 4.74 Å². The van der Waals surface area contributed by atoms with Crippen LogP contribution in [0.4, 0.5) is 0 Å². The fourth-order valence-corrected chi connectivity index (χ4v) is 3.06. The summed E-state index contributed by atoms with van der Waals surface area (Å²) in [6.45, 7) is 5.22. The minimum Gasteiger partial charge on any atom is -0.459 e. The van der Waals surface area contributed by atoms with Crippen molar-refractivity contribution in [3.8, 4) is 16.9 Å². The van der Waals surface area contributed by atoms with Crippen LogP contribution in [0.1, 0.15) is 36.7 Å². The van der Waals surface area contributed by atoms with Gasteiger partial charge in [-0.3, -0.25) is 0 Å². The van der Waals surface area contributed by atoms with Gasteiger partial charge in [0.15, 0.2) is 0 Å². The summed E-state index contributed by atoms with van der Waals surface area (Å²) in [5, 5.41) is 0. The zero-order valence-electron chi connectivity index (χ0n) is 20.5. The van der Waals surface area contributed by atoms with E-state index in [0.717, 1.165) is 22.3 Å². The molecule has 0 N–H and O–H groups in total. The lowest BCUT2D eigenvalue weighted by atomic mass is 10.0. The molecule has 0 amide bonds. The Bertz CT molecular complexity index is 1250. The van der Waals surface area contributed by atoms with Gasteiger partial charge in [0.05, 0.1) is 5.56 Å². The van der Waals surface area contributed by atoms with E-state index in [-0.39, 0.29) is 18.8 Å². The molecular weight excluding hydrogens is 456 g/mol. The van der Waals surface area contributed by atoms with E-state index >= 15 is 0 Å². The van der Waals surface area contributed by atoms with Crippen LogP contribution >= 0.6 is 0 Å². The molecule has 36 heavy (non-hydrogen) atoms. The first kappa shape index (κ1) is 26.2. The number of ether oxygens (including phenoxy) is 3. The van der Waals surface area contributed by atoms with Crippen LogP contribution in [0, 0.1) is 0 Å². The molecule has 0 bridgehead atoms. The number of allylic oxidation sites excluding steroid dienone is 1. The molecular formula is C30H28O6. The second-order valence-corrected chi connectivity index (χ2v) is 8.16. The Morgan fingerprint density at radius 3 is 1.97 bits per heavy atom. The maximum absolute atomic E-state index is 12.2. The highest BCUT2D eigenvalue weighted by molar-refractivity contribution is 5.91. The second-order valence-electron chi connectivity index (χ2n) is 8.16. The molecule has 3 aromatic carbocycles. The van der Waals surface area contributed by atoms with E-state index in [0.29, 0.717) is 11.3 Å². The van der Waals surface area contributed by atoms with Crippen LogP contribution in [-0.4, -0.2) is 31.1 Å². The minimum atomic E-state index is -0.568. The molecule has 0 fully saturated rings. The molecule has 0 aliphatic carbocycles. The number of rotatable bonds is 9. The number of carbonyl (C=O) groups excluding carboxylic acids is 3. The van der Waals surface area contributed by atoms with Gasteiger partial charge < -0.3 is 14.2 Å². The van der Waals surface area contributed by atoms with E-state index in [4.69, 9.17) is 14.2 Å². The van der Waals surface area contributed by atoms with Gasteiger partial charge in [-0.1, -0.05) is 60.2 Å². The molecule has 0 saturated heterocycles. The number of carbonyl (C=O) groups is 3. The molecule has 6 nitrogen and oxygen atoms in total. The van der Waals surface area contributed by atoms with Gasteiger partial charge in [0.2, 0.25) is 0 Å². The molecule has 0 atom stereocenters. The Morgan fingerprint density at radius 1 is 0.722 bits per heavy atom. The molecule has 3 aromatic rings. The summed E-state index contributed by atoms with van der Waals surface area (Å²) >= 11 is 0. The van der Waals surface area contributed by atoms with Crippen molar-refractivity contribution >= 4 is 24.0 Å². The SMILES string of the molecule is CC(C)=C(C)C(=O)OCCOC(=O)c1ccc(OC(=O)C=Cc2ccc(-c3ccccc3)cc2)cc1. The Balaban J connectivity index is 1.45. The Morgan fingerprint density at radius 2 is 1.33 bits per heavy atom. The third-order valence-electron chi connectivity index (χ3n) is 5.34.